The predicted molar refractivity (Wildman–Crippen MR) is 153 cm³/mol. The van der Waals surface area contributed by atoms with Crippen LogP contribution in [0.2, 0.25) is 10.0 Å². The molecule has 198 valence electrons. The lowest BCUT2D eigenvalue weighted by atomic mass is 9.93. The van der Waals surface area contributed by atoms with Gasteiger partial charge in [0, 0.05) is 39.1 Å². The maximum Gasteiger partial charge on any atom is 0.245 e. The molecule has 0 N–H and O–H groups in total. The number of hydrogen-bond donors (Lipinski definition) is 0. The van der Waals surface area contributed by atoms with Crippen molar-refractivity contribution >= 4 is 61.4 Å². The summed E-state index contributed by atoms with van der Waals surface area (Å²) in [5.74, 6) is -0.282. The standard InChI is InChI=1S/C28H27Cl2N3O3S2/c1-3-18(2)33(38(35,36)25-8-4-6-19-7-5-13-31-27(19)25)17-26(34)32-14-11-24-22(12-15-37-24)28(32)21-10-9-20(29)16-23(21)30/h4-10,12-13,15-16,18,28H,3,11,14,17H2,1-2H3/t18-,28+/m0/s1. The van der Waals surface area contributed by atoms with Gasteiger partial charge in [-0.05, 0) is 66.6 Å². The highest BCUT2D eigenvalue weighted by Gasteiger charge is 2.38. The summed E-state index contributed by atoms with van der Waals surface area (Å²) in [6, 6.07) is 15.1. The van der Waals surface area contributed by atoms with E-state index >= 15 is 0 Å². The Hall–Kier alpha value is -2.49. The van der Waals surface area contributed by atoms with Gasteiger partial charge in [0.1, 0.15) is 4.90 Å². The monoisotopic (exact) mass is 587 g/mol. The first-order chi connectivity index (χ1) is 18.2. The number of para-hydroxylation sites is 1. The second-order valence-electron chi connectivity index (χ2n) is 9.34. The quantitative estimate of drug-likeness (QED) is 0.245. The number of amides is 1. The third-order valence-electron chi connectivity index (χ3n) is 7.10. The Balaban J connectivity index is 1.54. The predicted octanol–water partition coefficient (Wildman–Crippen LogP) is 6.57. The smallest absolute Gasteiger partial charge is 0.245 e. The van der Waals surface area contributed by atoms with Gasteiger partial charge in [0.2, 0.25) is 15.9 Å². The maximum atomic E-state index is 14.0. The summed E-state index contributed by atoms with van der Waals surface area (Å²) < 4.78 is 29.4. The van der Waals surface area contributed by atoms with Crippen molar-refractivity contribution in [2.75, 3.05) is 13.1 Å². The van der Waals surface area contributed by atoms with Gasteiger partial charge in [-0.3, -0.25) is 9.78 Å². The van der Waals surface area contributed by atoms with Crippen LogP contribution in [0.4, 0.5) is 0 Å². The molecule has 0 saturated heterocycles. The van der Waals surface area contributed by atoms with Crippen LogP contribution in [-0.2, 0) is 21.2 Å². The van der Waals surface area contributed by atoms with E-state index in [2.05, 4.69) is 4.98 Å². The van der Waals surface area contributed by atoms with E-state index < -0.39 is 22.1 Å². The minimum absolute atomic E-state index is 0.0970. The van der Waals surface area contributed by atoms with Gasteiger partial charge in [0.25, 0.3) is 0 Å². The van der Waals surface area contributed by atoms with Gasteiger partial charge in [0.15, 0.2) is 0 Å². The van der Waals surface area contributed by atoms with Crippen LogP contribution in [0.5, 0.6) is 0 Å². The number of aromatic nitrogens is 1. The average molecular weight is 589 g/mol. The van der Waals surface area contributed by atoms with Crippen molar-refractivity contribution < 1.29 is 13.2 Å². The molecule has 10 heteroatoms. The first kappa shape index (κ1) is 27.1. The molecule has 1 aliphatic rings. The lowest BCUT2D eigenvalue weighted by Gasteiger charge is -2.38. The van der Waals surface area contributed by atoms with Crippen molar-refractivity contribution in [2.45, 2.75) is 43.7 Å². The molecule has 2 aromatic carbocycles. The number of pyridine rings is 1. The number of hydrogen-bond acceptors (Lipinski definition) is 5. The molecule has 0 aliphatic carbocycles. The van der Waals surface area contributed by atoms with Crippen LogP contribution >= 0.6 is 34.5 Å². The minimum atomic E-state index is -4.04. The zero-order valence-corrected chi connectivity index (χ0v) is 24.1. The Labute approximate surface area is 236 Å². The van der Waals surface area contributed by atoms with Crippen LogP contribution in [0.25, 0.3) is 10.9 Å². The van der Waals surface area contributed by atoms with E-state index in [1.807, 2.05) is 43.5 Å². The summed E-state index contributed by atoms with van der Waals surface area (Å²) in [5, 5.41) is 3.71. The molecule has 3 heterocycles. The molecule has 6 nitrogen and oxygen atoms in total. The van der Waals surface area contributed by atoms with Gasteiger partial charge in [-0.15, -0.1) is 11.3 Å². The van der Waals surface area contributed by atoms with E-state index in [1.165, 1.54) is 9.18 Å². The van der Waals surface area contributed by atoms with Gasteiger partial charge < -0.3 is 4.90 Å². The molecule has 0 saturated carbocycles. The number of carbonyl (C=O) groups is 1. The molecule has 4 aromatic rings. The summed E-state index contributed by atoms with van der Waals surface area (Å²) in [6.45, 7) is 3.90. The molecular formula is C28H27Cl2N3O3S2. The number of sulfonamides is 1. The fourth-order valence-electron chi connectivity index (χ4n) is 4.96. The van der Waals surface area contributed by atoms with Gasteiger partial charge in [-0.2, -0.15) is 4.31 Å². The Bertz CT molecular complexity index is 1600. The van der Waals surface area contributed by atoms with Crippen molar-refractivity contribution in [1.29, 1.82) is 0 Å². The van der Waals surface area contributed by atoms with E-state index in [4.69, 9.17) is 23.2 Å². The molecule has 38 heavy (non-hydrogen) atoms. The van der Waals surface area contributed by atoms with Crippen LogP contribution < -0.4 is 0 Å². The second kappa shape index (κ2) is 10.9. The van der Waals surface area contributed by atoms with Crippen molar-refractivity contribution in [3.8, 4) is 0 Å². The molecule has 1 amide bonds. The lowest BCUT2D eigenvalue weighted by molar-refractivity contribution is -0.133. The lowest BCUT2D eigenvalue weighted by Crippen LogP contribution is -2.49. The van der Waals surface area contributed by atoms with Crippen LogP contribution in [0.15, 0.2) is 71.1 Å². The van der Waals surface area contributed by atoms with Gasteiger partial charge in [0.05, 0.1) is 18.1 Å². The third kappa shape index (κ3) is 4.96. The number of halogens is 2. The highest BCUT2D eigenvalue weighted by molar-refractivity contribution is 7.89. The summed E-state index contributed by atoms with van der Waals surface area (Å²) in [5.41, 5.74) is 2.16. The van der Waals surface area contributed by atoms with Crippen molar-refractivity contribution in [3.05, 3.63) is 92.2 Å². The SMILES string of the molecule is CC[C@H](C)N(CC(=O)N1CCc2sccc2[C@H]1c1ccc(Cl)cc1Cl)S(=O)(=O)c1cccc2cccnc12. The summed E-state index contributed by atoms with van der Waals surface area (Å²) in [7, 11) is -4.04. The molecular weight excluding hydrogens is 561 g/mol. The Kier molecular flexibility index (Phi) is 7.80. The number of benzene rings is 2. The molecule has 0 spiro atoms. The van der Waals surface area contributed by atoms with Gasteiger partial charge >= 0.3 is 0 Å². The van der Waals surface area contributed by atoms with Gasteiger partial charge in [-0.25, -0.2) is 8.42 Å². The largest absolute Gasteiger partial charge is 0.330 e. The number of carbonyl (C=O) groups excluding carboxylic acids is 1. The first-order valence-electron chi connectivity index (χ1n) is 12.4. The fraction of sp³-hybridized carbons (Fsp3) is 0.286. The van der Waals surface area contributed by atoms with Crippen LogP contribution in [0.3, 0.4) is 0 Å². The highest BCUT2D eigenvalue weighted by atomic mass is 35.5. The summed E-state index contributed by atoms with van der Waals surface area (Å²) in [6.07, 6.45) is 2.82. The van der Waals surface area contributed by atoms with E-state index in [0.29, 0.717) is 34.9 Å². The Morgan fingerprint density at radius 2 is 1.95 bits per heavy atom. The number of nitrogens with zero attached hydrogens (tertiary/aromatic N) is 3. The highest BCUT2D eigenvalue weighted by Crippen LogP contribution is 2.41. The third-order valence-corrected chi connectivity index (χ3v) is 10.6. The molecule has 1 aliphatic heterocycles. The van der Waals surface area contributed by atoms with Crippen LogP contribution in [0, 0.1) is 0 Å². The summed E-state index contributed by atoms with van der Waals surface area (Å²) in [4.78, 5) is 21.4. The van der Waals surface area contributed by atoms with Crippen molar-refractivity contribution in [3.63, 3.8) is 0 Å². The normalized spacial score (nSPS) is 16.6. The summed E-state index contributed by atoms with van der Waals surface area (Å²) >= 11 is 14.4. The first-order valence-corrected chi connectivity index (χ1v) is 15.5. The number of thiophene rings is 1. The fourth-order valence-corrected chi connectivity index (χ4v) is 8.20. The van der Waals surface area contributed by atoms with E-state index in [9.17, 15) is 13.2 Å². The van der Waals surface area contributed by atoms with E-state index in [1.54, 1.807) is 52.8 Å². The van der Waals surface area contributed by atoms with Crippen LogP contribution in [-0.4, -0.2) is 47.6 Å². The van der Waals surface area contributed by atoms with E-state index in [0.717, 1.165) is 16.5 Å². The molecule has 5 rings (SSSR count). The zero-order chi connectivity index (χ0) is 27.0. The van der Waals surface area contributed by atoms with Crippen molar-refractivity contribution in [2.24, 2.45) is 0 Å². The molecule has 0 fully saturated rings. The van der Waals surface area contributed by atoms with Crippen LogP contribution in [0.1, 0.15) is 42.3 Å². The topological polar surface area (TPSA) is 70.6 Å². The van der Waals surface area contributed by atoms with Crippen molar-refractivity contribution in [1.82, 2.24) is 14.2 Å². The molecule has 0 unspecified atom stereocenters. The average Bonchev–Trinajstić information content (AvgIpc) is 3.39. The molecule has 0 radical (unpaired) electrons. The van der Waals surface area contributed by atoms with E-state index in [-0.39, 0.29) is 17.3 Å². The maximum absolute atomic E-state index is 14.0. The molecule has 0 bridgehead atoms. The zero-order valence-electron chi connectivity index (χ0n) is 21.0. The number of fused-ring (bicyclic) bond motifs is 2. The molecule has 2 atom stereocenters. The molecule has 2 aromatic heterocycles. The second-order valence-corrected chi connectivity index (χ2v) is 13.0. The minimum Gasteiger partial charge on any atom is -0.330 e. The number of rotatable bonds is 7. The van der Waals surface area contributed by atoms with Gasteiger partial charge in [-0.1, -0.05) is 54.4 Å². The Morgan fingerprint density at radius 1 is 1.16 bits per heavy atom. The Morgan fingerprint density at radius 3 is 2.71 bits per heavy atom.